The molecule has 3 nitrogen and oxygen atoms in total. The lowest BCUT2D eigenvalue weighted by Gasteiger charge is -2.31. The minimum absolute atomic E-state index is 0.214. The first-order chi connectivity index (χ1) is 9.02. The summed E-state index contributed by atoms with van der Waals surface area (Å²) in [5.41, 5.74) is 1.75. The molecule has 1 N–H and O–H groups in total. The van der Waals surface area contributed by atoms with E-state index in [0.717, 1.165) is 11.1 Å². The van der Waals surface area contributed by atoms with Crippen molar-refractivity contribution in [3.63, 3.8) is 0 Å². The highest BCUT2D eigenvalue weighted by Crippen LogP contribution is 2.26. The van der Waals surface area contributed by atoms with Crippen molar-refractivity contribution in [1.29, 1.82) is 5.26 Å². The molecule has 1 heterocycles. The molecule has 0 fully saturated rings. The SMILES string of the molecule is CC1(C)CC(C=Cc2ccccc2)=C(C#N)C(=O)N1. The van der Waals surface area contributed by atoms with Gasteiger partial charge in [0.15, 0.2) is 0 Å². The lowest BCUT2D eigenvalue weighted by molar-refractivity contribution is -0.119. The molecule has 0 saturated heterocycles. The molecular formula is C16H16N2O. The molecule has 1 aliphatic heterocycles. The van der Waals surface area contributed by atoms with E-state index in [9.17, 15) is 4.79 Å². The zero-order valence-electron chi connectivity index (χ0n) is 11.1. The molecule has 1 aromatic rings. The first kappa shape index (κ1) is 13.1. The van der Waals surface area contributed by atoms with Crippen LogP contribution in [0.5, 0.6) is 0 Å². The van der Waals surface area contributed by atoms with Crippen LogP contribution in [0.15, 0.2) is 47.6 Å². The Balaban J connectivity index is 2.33. The van der Waals surface area contributed by atoms with E-state index in [2.05, 4.69) is 5.32 Å². The van der Waals surface area contributed by atoms with Crippen molar-refractivity contribution in [2.45, 2.75) is 25.8 Å². The summed E-state index contributed by atoms with van der Waals surface area (Å²) in [6.07, 6.45) is 4.46. The van der Waals surface area contributed by atoms with Gasteiger partial charge in [-0.2, -0.15) is 5.26 Å². The summed E-state index contributed by atoms with van der Waals surface area (Å²) in [6.45, 7) is 3.91. The molecule has 0 radical (unpaired) electrons. The molecule has 2 rings (SSSR count). The van der Waals surface area contributed by atoms with Gasteiger partial charge in [0.05, 0.1) is 0 Å². The third-order valence-electron chi connectivity index (χ3n) is 3.02. The van der Waals surface area contributed by atoms with Gasteiger partial charge in [0.25, 0.3) is 5.91 Å². The molecule has 0 spiro atoms. The van der Waals surface area contributed by atoms with Gasteiger partial charge in [-0.1, -0.05) is 42.5 Å². The van der Waals surface area contributed by atoms with Gasteiger partial charge >= 0.3 is 0 Å². The number of carbonyl (C=O) groups excluding carboxylic acids is 1. The maximum atomic E-state index is 11.8. The molecule has 0 atom stereocenters. The van der Waals surface area contributed by atoms with Gasteiger partial charge < -0.3 is 5.32 Å². The van der Waals surface area contributed by atoms with E-state index in [1.54, 1.807) is 0 Å². The number of benzene rings is 1. The predicted octanol–water partition coefficient (Wildman–Crippen LogP) is 2.82. The second-order valence-corrected chi connectivity index (χ2v) is 5.27. The third-order valence-corrected chi connectivity index (χ3v) is 3.02. The zero-order valence-corrected chi connectivity index (χ0v) is 11.1. The van der Waals surface area contributed by atoms with Crippen LogP contribution in [-0.2, 0) is 4.79 Å². The van der Waals surface area contributed by atoms with Crippen LogP contribution in [0.25, 0.3) is 6.08 Å². The number of nitrogens with zero attached hydrogens (tertiary/aromatic N) is 1. The lowest BCUT2D eigenvalue weighted by Crippen LogP contribution is -2.47. The molecule has 0 saturated carbocycles. The molecule has 0 bridgehead atoms. The number of allylic oxidation sites excluding steroid dienone is 1. The van der Waals surface area contributed by atoms with Crippen molar-refractivity contribution >= 4 is 12.0 Å². The summed E-state index contributed by atoms with van der Waals surface area (Å²) in [5.74, 6) is -0.286. The van der Waals surface area contributed by atoms with E-state index >= 15 is 0 Å². The average molecular weight is 252 g/mol. The Morgan fingerprint density at radius 2 is 1.95 bits per heavy atom. The first-order valence-corrected chi connectivity index (χ1v) is 6.21. The number of nitriles is 1. The second-order valence-electron chi connectivity index (χ2n) is 5.27. The van der Waals surface area contributed by atoms with E-state index < -0.39 is 0 Å². The van der Waals surface area contributed by atoms with Crippen molar-refractivity contribution < 1.29 is 4.79 Å². The molecular weight excluding hydrogens is 236 g/mol. The van der Waals surface area contributed by atoms with E-state index in [4.69, 9.17) is 5.26 Å². The smallest absolute Gasteiger partial charge is 0.262 e. The van der Waals surface area contributed by atoms with Crippen LogP contribution >= 0.6 is 0 Å². The fourth-order valence-corrected chi connectivity index (χ4v) is 2.15. The monoisotopic (exact) mass is 252 g/mol. The molecule has 1 aromatic carbocycles. The Morgan fingerprint density at radius 3 is 2.58 bits per heavy atom. The third kappa shape index (κ3) is 3.11. The van der Waals surface area contributed by atoms with Gasteiger partial charge in [-0.3, -0.25) is 4.79 Å². The number of rotatable bonds is 2. The highest BCUT2D eigenvalue weighted by molar-refractivity contribution is 6.00. The van der Waals surface area contributed by atoms with Crippen LogP contribution < -0.4 is 5.32 Å². The summed E-state index contributed by atoms with van der Waals surface area (Å²) < 4.78 is 0. The number of hydrogen-bond donors (Lipinski definition) is 1. The van der Waals surface area contributed by atoms with Gasteiger partial charge in [0.2, 0.25) is 0 Å². The van der Waals surface area contributed by atoms with Crippen molar-refractivity contribution in [2.75, 3.05) is 0 Å². The average Bonchev–Trinajstić information content (AvgIpc) is 2.36. The Morgan fingerprint density at radius 1 is 1.26 bits per heavy atom. The first-order valence-electron chi connectivity index (χ1n) is 6.21. The standard InChI is InChI=1S/C16H16N2O/c1-16(2)10-13(14(11-17)15(19)18-16)9-8-12-6-4-3-5-7-12/h3-9H,10H2,1-2H3,(H,18,19). The predicted molar refractivity (Wildman–Crippen MR) is 75.0 cm³/mol. The zero-order chi connectivity index (χ0) is 13.9. The molecule has 0 unspecified atom stereocenters. The number of hydrogen-bond acceptors (Lipinski definition) is 2. The molecule has 1 aliphatic rings. The molecule has 19 heavy (non-hydrogen) atoms. The van der Waals surface area contributed by atoms with E-state index in [-0.39, 0.29) is 17.0 Å². The van der Waals surface area contributed by atoms with Gasteiger partial charge in [0, 0.05) is 5.54 Å². The fourth-order valence-electron chi connectivity index (χ4n) is 2.15. The molecule has 3 heteroatoms. The van der Waals surface area contributed by atoms with Crippen LogP contribution in [0.3, 0.4) is 0 Å². The van der Waals surface area contributed by atoms with Gasteiger partial charge in [-0.25, -0.2) is 0 Å². The number of carbonyl (C=O) groups is 1. The normalized spacial score (nSPS) is 18.3. The quantitative estimate of drug-likeness (QED) is 0.880. The highest BCUT2D eigenvalue weighted by atomic mass is 16.1. The minimum atomic E-state index is -0.312. The van der Waals surface area contributed by atoms with E-state index in [1.807, 2.05) is 62.4 Å². The maximum absolute atomic E-state index is 11.8. The van der Waals surface area contributed by atoms with Crippen molar-refractivity contribution in [3.05, 3.63) is 53.1 Å². The van der Waals surface area contributed by atoms with Crippen molar-refractivity contribution in [2.24, 2.45) is 0 Å². The maximum Gasteiger partial charge on any atom is 0.262 e. The Hall–Kier alpha value is -2.34. The topological polar surface area (TPSA) is 52.9 Å². The molecule has 0 aliphatic carbocycles. The van der Waals surface area contributed by atoms with Crippen LogP contribution in [0.2, 0.25) is 0 Å². The number of amides is 1. The molecule has 96 valence electrons. The summed E-state index contributed by atoms with van der Waals surface area (Å²) in [7, 11) is 0. The summed E-state index contributed by atoms with van der Waals surface area (Å²) in [5, 5.41) is 11.9. The van der Waals surface area contributed by atoms with Crippen molar-refractivity contribution in [3.8, 4) is 6.07 Å². The largest absolute Gasteiger partial charge is 0.346 e. The molecule has 0 aromatic heterocycles. The van der Waals surface area contributed by atoms with Crippen molar-refractivity contribution in [1.82, 2.24) is 5.32 Å². The fraction of sp³-hybridized carbons (Fsp3) is 0.250. The van der Waals surface area contributed by atoms with Gasteiger partial charge in [0.1, 0.15) is 11.6 Å². The lowest BCUT2D eigenvalue weighted by atomic mass is 9.87. The van der Waals surface area contributed by atoms with Gasteiger partial charge in [-0.05, 0) is 31.4 Å². The summed E-state index contributed by atoms with van der Waals surface area (Å²) in [6, 6.07) is 11.8. The Bertz CT molecular complexity index is 589. The van der Waals surface area contributed by atoms with E-state index in [1.165, 1.54) is 0 Å². The van der Waals surface area contributed by atoms with E-state index in [0.29, 0.717) is 6.42 Å². The highest BCUT2D eigenvalue weighted by Gasteiger charge is 2.30. The van der Waals surface area contributed by atoms with Crippen LogP contribution in [0.4, 0.5) is 0 Å². The van der Waals surface area contributed by atoms with Crippen LogP contribution in [0, 0.1) is 11.3 Å². The Kier molecular flexibility index (Phi) is 3.52. The van der Waals surface area contributed by atoms with Crippen LogP contribution in [-0.4, -0.2) is 11.4 Å². The summed E-state index contributed by atoms with van der Waals surface area (Å²) in [4.78, 5) is 11.8. The number of nitrogens with one attached hydrogen (secondary N) is 1. The molecule has 1 amide bonds. The Labute approximate surface area is 113 Å². The van der Waals surface area contributed by atoms with Gasteiger partial charge in [-0.15, -0.1) is 0 Å². The van der Waals surface area contributed by atoms with Crippen LogP contribution in [0.1, 0.15) is 25.8 Å². The summed E-state index contributed by atoms with van der Waals surface area (Å²) >= 11 is 0. The second kappa shape index (κ2) is 5.11. The minimum Gasteiger partial charge on any atom is -0.346 e.